The summed E-state index contributed by atoms with van der Waals surface area (Å²) in [7, 11) is -3.95. The third-order valence-corrected chi connectivity index (χ3v) is 8.12. The van der Waals surface area contributed by atoms with Gasteiger partial charge in [0.15, 0.2) is 6.19 Å². The van der Waals surface area contributed by atoms with Crippen LogP contribution in [-0.2, 0) is 21.4 Å². The van der Waals surface area contributed by atoms with E-state index in [1.807, 2.05) is 64.2 Å². The summed E-state index contributed by atoms with van der Waals surface area (Å²) >= 11 is 0. The Hall–Kier alpha value is -3.63. The van der Waals surface area contributed by atoms with E-state index in [2.05, 4.69) is 0 Å². The predicted molar refractivity (Wildman–Crippen MR) is 141 cm³/mol. The highest BCUT2D eigenvalue weighted by atomic mass is 32.2. The molecule has 1 fully saturated rings. The average Bonchev–Trinajstić information content (AvgIpc) is 2.92. The lowest BCUT2D eigenvalue weighted by Gasteiger charge is -2.26. The molecule has 1 N–H and O–H groups in total. The van der Waals surface area contributed by atoms with Gasteiger partial charge in [0.05, 0.1) is 11.4 Å². The Morgan fingerprint density at radius 3 is 2.28 bits per heavy atom. The van der Waals surface area contributed by atoms with Crippen molar-refractivity contribution in [2.24, 2.45) is 5.92 Å². The zero-order valence-electron chi connectivity index (χ0n) is 20.3. The molecule has 3 aromatic carbocycles. The summed E-state index contributed by atoms with van der Waals surface area (Å²) in [5.41, 5.74) is 3.04. The number of sulfonamides is 1. The van der Waals surface area contributed by atoms with Crippen molar-refractivity contribution >= 4 is 21.6 Å². The van der Waals surface area contributed by atoms with Crippen LogP contribution >= 0.6 is 0 Å². The normalized spacial score (nSPS) is 14.1. The summed E-state index contributed by atoms with van der Waals surface area (Å²) in [4.78, 5) is 15.2. The van der Waals surface area contributed by atoms with Crippen LogP contribution in [0.1, 0.15) is 50.5 Å². The van der Waals surface area contributed by atoms with Crippen LogP contribution in [0, 0.1) is 17.4 Å². The minimum absolute atomic E-state index is 0.0445. The molecule has 36 heavy (non-hydrogen) atoms. The second-order valence-corrected chi connectivity index (χ2v) is 10.9. The number of nitrogens with zero attached hydrogens (tertiary/aromatic N) is 2. The Bertz CT molecular complexity index is 1310. The van der Waals surface area contributed by atoms with Gasteiger partial charge >= 0.3 is 0 Å². The highest BCUT2D eigenvalue weighted by Gasteiger charge is 2.21. The molecule has 6 nitrogen and oxygen atoms in total. The van der Waals surface area contributed by atoms with E-state index in [9.17, 15) is 13.2 Å². The van der Waals surface area contributed by atoms with E-state index in [1.54, 1.807) is 18.2 Å². The van der Waals surface area contributed by atoms with Crippen LogP contribution in [0.15, 0.2) is 83.8 Å². The third kappa shape index (κ3) is 6.32. The maximum atomic E-state index is 13.3. The van der Waals surface area contributed by atoms with Gasteiger partial charge in [-0.1, -0.05) is 92.8 Å². The van der Waals surface area contributed by atoms with Gasteiger partial charge in [0, 0.05) is 17.7 Å². The standard InChI is InChI=1S/C29H31N3O3S/c30-22-31-36(34,35)28-14-8-7-13-27(28)25-18-15-24(16-19-25)21-32(26-11-5-2-6-12-26)29(33)20-17-23-9-3-1-4-10-23/h2,5-8,11-16,18-19,23,31H,1,3-4,9-10,17,20-21H2. The summed E-state index contributed by atoms with van der Waals surface area (Å²) < 4.78 is 26.8. The molecule has 0 spiro atoms. The lowest BCUT2D eigenvalue weighted by Crippen LogP contribution is -2.30. The summed E-state index contributed by atoms with van der Waals surface area (Å²) in [5, 5.41) is 8.82. The van der Waals surface area contributed by atoms with Gasteiger partial charge in [0.25, 0.3) is 10.0 Å². The molecule has 0 unspecified atom stereocenters. The average molecular weight is 502 g/mol. The first-order valence-electron chi connectivity index (χ1n) is 12.4. The topological polar surface area (TPSA) is 90.3 Å². The molecular weight excluding hydrogens is 470 g/mol. The molecule has 1 saturated carbocycles. The van der Waals surface area contributed by atoms with Gasteiger partial charge in [-0.25, -0.2) is 13.1 Å². The van der Waals surface area contributed by atoms with Gasteiger partial charge in [-0.15, -0.1) is 0 Å². The van der Waals surface area contributed by atoms with Crippen LogP contribution in [0.25, 0.3) is 11.1 Å². The van der Waals surface area contributed by atoms with Crippen molar-refractivity contribution in [3.05, 3.63) is 84.4 Å². The monoisotopic (exact) mass is 501 g/mol. The molecular formula is C29H31N3O3S. The van der Waals surface area contributed by atoms with Gasteiger partial charge in [0.1, 0.15) is 0 Å². The number of rotatable bonds is 9. The zero-order valence-corrected chi connectivity index (χ0v) is 21.1. The number of nitrogens with one attached hydrogen (secondary N) is 1. The summed E-state index contributed by atoms with van der Waals surface area (Å²) in [6.45, 7) is 0.434. The van der Waals surface area contributed by atoms with E-state index in [1.165, 1.54) is 44.4 Å². The van der Waals surface area contributed by atoms with E-state index < -0.39 is 10.0 Å². The van der Waals surface area contributed by atoms with Gasteiger partial charge in [0.2, 0.25) is 5.91 Å². The number of nitriles is 1. The number of amides is 1. The molecule has 1 aliphatic carbocycles. The Labute approximate surface area is 213 Å². The van der Waals surface area contributed by atoms with Crippen LogP contribution in [0.2, 0.25) is 0 Å². The largest absolute Gasteiger partial charge is 0.308 e. The number of hydrogen-bond acceptors (Lipinski definition) is 4. The number of hydrogen-bond donors (Lipinski definition) is 1. The molecule has 3 aromatic rings. The van der Waals surface area contributed by atoms with Gasteiger partial charge in [-0.3, -0.25) is 4.79 Å². The van der Waals surface area contributed by atoms with Crippen LogP contribution in [0.5, 0.6) is 0 Å². The number of benzene rings is 3. The van der Waals surface area contributed by atoms with Gasteiger partial charge < -0.3 is 4.90 Å². The Balaban J connectivity index is 1.53. The van der Waals surface area contributed by atoms with Crippen molar-refractivity contribution in [3.8, 4) is 17.3 Å². The molecule has 0 bridgehead atoms. The van der Waals surface area contributed by atoms with Crippen molar-refractivity contribution in [2.45, 2.75) is 56.4 Å². The molecule has 7 heteroatoms. The first-order chi connectivity index (χ1) is 17.5. The lowest BCUT2D eigenvalue weighted by atomic mass is 9.86. The smallest absolute Gasteiger partial charge is 0.270 e. The molecule has 0 aromatic heterocycles. The Morgan fingerprint density at radius 1 is 0.917 bits per heavy atom. The highest BCUT2D eigenvalue weighted by molar-refractivity contribution is 7.89. The highest BCUT2D eigenvalue weighted by Crippen LogP contribution is 2.30. The zero-order chi connectivity index (χ0) is 25.4. The quantitative estimate of drug-likeness (QED) is 0.287. The van der Waals surface area contributed by atoms with E-state index in [0.29, 0.717) is 30.0 Å². The number of carbonyl (C=O) groups excluding carboxylic acids is 1. The van der Waals surface area contributed by atoms with Crippen molar-refractivity contribution in [1.82, 2.24) is 4.72 Å². The molecule has 1 amide bonds. The van der Waals surface area contributed by atoms with Gasteiger partial charge in [-0.05, 0) is 41.7 Å². The number of para-hydroxylation sites is 1. The van der Waals surface area contributed by atoms with E-state index in [-0.39, 0.29) is 10.8 Å². The molecule has 186 valence electrons. The first kappa shape index (κ1) is 25.5. The second-order valence-electron chi connectivity index (χ2n) is 9.27. The number of carbonyl (C=O) groups is 1. The molecule has 4 rings (SSSR count). The van der Waals surface area contributed by atoms with Gasteiger partial charge in [-0.2, -0.15) is 5.26 Å². The van der Waals surface area contributed by atoms with Crippen LogP contribution in [0.4, 0.5) is 5.69 Å². The SMILES string of the molecule is N#CNS(=O)(=O)c1ccccc1-c1ccc(CN(C(=O)CCC2CCCCC2)c2ccccc2)cc1. The molecule has 0 saturated heterocycles. The molecule has 1 aliphatic rings. The minimum Gasteiger partial charge on any atom is -0.308 e. The van der Waals surface area contributed by atoms with Crippen LogP contribution in [0.3, 0.4) is 0 Å². The maximum absolute atomic E-state index is 13.3. The van der Waals surface area contributed by atoms with Crippen LogP contribution in [-0.4, -0.2) is 14.3 Å². The summed E-state index contributed by atoms with van der Waals surface area (Å²) in [5.74, 6) is 0.765. The summed E-state index contributed by atoms with van der Waals surface area (Å²) in [6.07, 6.45) is 9.26. The van der Waals surface area contributed by atoms with E-state index in [0.717, 1.165) is 17.7 Å². The fourth-order valence-corrected chi connectivity index (χ4v) is 5.86. The molecule has 0 heterocycles. The second kappa shape index (κ2) is 11.9. The summed E-state index contributed by atoms with van der Waals surface area (Å²) in [6, 6.07) is 23.8. The maximum Gasteiger partial charge on any atom is 0.270 e. The Morgan fingerprint density at radius 2 is 1.58 bits per heavy atom. The predicted octanol–water partition coefficient (Wildman–Crippen LogP) is 6.01. The van der Waals surface area contributed by atoms with Crippen molar-refractivity contribution in [1.29, 1.82) is 5.26 Å². The van der Waals surface area contributed by atoms with Crippen LogP contribution < -0.4 is 9.62 Å². The van der Waals surface area contributed by atoms with Crippen molar-refractivity contribution in [3.63, 3.8) is 0 Å². The first-order valence-corrected chi connectivity index (χ1v) is 13.9. The fourth-order valence-electron chi connectivity index (χ4n) is 4.90. The van der Waals surface area contributed by atoms with Crippen molar-refractivity contribution < 1.29 is 13.2 Å². The minimum atomic E-state index is -3.95. The van der Waals surface area contributed by atoms with E-state index in [4.69, 9.17) is 5.26 Å². The molecule has 0 atom stereocenters. The lowest BCUT2D eigenvalue weighted by molar-refractivity contribution is -0.119. The van der Waals surface area contributed by atoms with Crippen molar-refractivity contribution in [2.75, 3.05) is 4.90 Å². The fraction of sp³-hybridized carbons (Fsp3) is 0.310. The van der Waals surface area contributed by atoms with E-state index >= 15 is 0 Å². The third-order valence-electron chi connectivity index (χ3n) is 6.82. The Kier molecular flexibility index (Phi) is 8.40. The molecule has 0 aliphatic heterocycles. The number of anilines is 1. The molecule has 0 radical (unpaired) electrons.